The normalized spacial score (nSPS) is 13.0. The monoisotopic (exact) mass is 391 g/mol. The Morgan fingerprint density at radius 2 is 2.00 bits per heavy atom. The molecule has 0 aromatic heterocycles. The van der Waals surface area contributed by atoms with E-state index in [1.807, 2.05) is 0 Å². The van der Waals surface area contributed by atoms with Crippen LogP contribution in [0.25, 0.3) is 0 Å². The van der Waals surface area contributed by atoms with Crippen molar-refractivity contribution in [3.05, 3.63) is 42.0 Å². The van der Waals surface area contributed by atoms with Crippen LogP contribution >= 0.6 is 0 Å². The molecular weight excluding hydrogens is 374 g/mol. The van der Waals surface area contributed by atoms with E-state index in [9.17, 15) is 18.0 Å². The second-order valence-electron chi connectivity index (χ2n) is 5.79. The predicted molar refractivity (Wildman–Crippen MR) is 100.0 cm³/mol. The summed E-state index contributed by atoms with van der Waals surface area (Å²) in [6.07, 6.45) is 1.03. The molecule has 3 rings (SSSR count). The van der Waals surface area contributed by atoms with Crippen molar-refractivity contribution in [2.75, 3.05) is 35.3 Å². The Kier molecular flexibility index (Phi) is 4.91. The first kappa shape index (κ1) is 18.5. The molecule has 0 unspecified atom stereocenters. The van der Waals surface area contributed by atoms with Gasteiger partial charge in [-0.1, -0.05) is 0 Å². The van der Waals surface area contributed by atoms with Crippen molar-refractivity contribution < 1.29 is 27.5 Å². The van der Waals surface area contributed by atoms with E-state index >= 15 is 0 Å². The van der Waals surface area contributed by atoms with Gasteiger partial charge >= 0.3 is 0 Å². The lowest BCUT2D eigenvalue weighted by atomic mass is 10.1. The first-order valence-electron chi connectivity index (χ1n) is 7.79. The second kappa shape index (κ2) is 7.16. The number of carbonyl (C=O) groups excluding carboxylic acids is 2. The van der Waals surface area contributed by atoms with Crippen LogP contribution in [0.2, 0.25) is 0 Å². The van der Waals surface area contributed by atoms with Crippen LogP contribution in [0.3, 0.4) is 0 Å². The Bertz CT molecular complexity index is 1020. The Hall–Kier alpha value is -3.27. The molecule has 2 aromatic carbocycles. The summed E-state index contributed by atoms with van der Waals surface area (Å²) < 4.78 is 35.5. The highest BCUT2D eigenvalue weighted by Crippen LogP contribution is 2.30. The topological polar surface area (TPSA) is 123 Å². The average Bonchev–Trinajstić information content (AvgIpc) is 2.61. The minimum Gasteiger partial charge on any atom is -0.494 e. The average molecular weight is 391 g/mol. The lowest BCUT2D eigenvalue weighted by Crippen LogP contribution is -2.25. The van der Waals surface area contributed by atoms with Crippen molar-refractivity contribution in [2.45, 2.75) is 0 Å². The fourth-order valence-electron chi connectivity index (χ4n) is 2.48. The van der Waals surface area contributed by atoms with Crippen molar-refractivity contribution in [2.24, 2.45) is 0 Å². The molecular formula is C17H17N3O6S. The van der Waals surface area contributed by atoms with Crippen molar-refractivity contribution in [3.63, 3.8) is 0 Å². The maximum absolute atomic E-state index is 12.5. The molecule has 0 radical (unpaired) electrons. The summed E-state index contributed by atoms with van der Waals surface area (Å²) >= 11 is 0. The van der Waals surface area contributed by atoms with Gasteiger partial charge in [-0.2, -0.15) is 0 Å². The van der Waals surface area contributed by atoms with Crippen molar-refractivity contribution in [3.8, 4) is 11.5 Å². The predicted octanol–water partition coefficient (Wildman–Crippen LogP) is 1.65. The molecule has 0 atom stereocenters. The van der Waals surface area contributed by atoms with Gasteiger partial charge in [0, 0.05) is 17.3 Å². The van der Waals surface area contributed by atoms with E-state index in [0.717, 1.165) is 6.26 Å². The highest BCUT2D eigenvalue weighted by Gasteiger charge is 2.18. The standard InChI is InChI=1S/C17H17N3O6S/c1-25-15-8-11(4-5-12(15)20-27(2,23)24)18-17(22)10-3-6-14-13(7-10)19-16(21)9-26-14/h3-8,20H,9H2,1-2H3,(H,18,22)(H,19,21). The molecule has 27 heavy (non-hydrogen) atoms. The molecule has 142 valence electrons. The number of benzene rings is 2. The van der Waals surface area contributed by atoms with E-state index in [0.29, 0.717) is 22.7 Å². The third-order valence-corrected chi connectivity index (χ3v) is 4.22. The van der Waals surface area contributed by atoms with E-state index < -0.39 is 15.9 Å². The lowest BCUT2D eigenvalue weighted by molar-refractivity contribution is -0.118. The maximum atomic E-state index is 12.5. The Morgan fingerprint density at radius 3 is 2.70 bits per heavy atom. The van der Waals surface area contributed by atoms with E-state index in [2.05, 4.69) is 15.4 Å². The third-order valence-electron chi connectivity index (χ3n) is 3.63. The number of ether oxygens (including phenoxy) is 2. The summed E-state index contributed by atoms with van der Waals surface area (Å²) in [6, 6.07) is 9.20. The number of amides is 2. The fraction of sp³-hybridized carbons (Fsp3) is 0.176. The minimum atomic E-state index is -3.47. The maximum Gasteiger partial charge on any atom is 0.262 e. The zero-order valence-electron chi connectivity index (χ0n) is 14.5. The first-order valence-corrected chi connectivity index (χ1v) is 9.68. The van der Waals surface area contributed by atoms with Gasteiger partial charge in [0.15, 0.2) is 6.61 Å². The van der Waals surface area contributed by atoms with E-state index in [-0.39, 0.29) is 24.0 Å². The van der Waals surface area contributed by atoms with Gasteiger partial charge in [0.05, 0.1) is 24.7 Å². The highest BCUT2D eigenvalue weighted by molar-refractivity contribution is 7.92. The molecule has 0 bridgehead atoms. The number of hydrogen-bond donors (Lipinski definition) is 3. The molecule has 1 aliphatic rings. The van der Waals surface area contributed by atoms with Crippen molar-refractivity contribution in [1.29, 1.82) is 0 Å². The van der Waals surface area contributed by atoms with E-state index in [4.69, 9.17) is 9.47 Å². The van der Waals surface area contributed by atoms with Crippen molar-refractivity contribution in [1.82, 2.24) is 0 Å². The number of hydrogen-bond acceptors (Lipinski definition) is 6. The molecule has 10 heteroatoms. The summed E-state index contributed by atoms with van der Waals surface area (Å²) in [5.41, 5.74) is 1.40. The summed E-state index contributed by atoms with van der Waals surface area (Å²) in [7, 11) is -2.08. The van der Waals surface area contributed by atoms with Gasteiger partial charge in [0.1, 0.15) is 11.5 Å². The summed E-state index contributed by atoms with van der Waals surface area (Å²) in [4.78, 5) is 23.9. The lowest BCUT2D eigenvalue weighted by Gasteiger charge is -2.18. The van der Waals surface area contributed by atoms with Gasteiger partial charge in [-0.25, -0.2) is 8.42 Å². The quantitative estimate of drug-likeness (QED) is 0.712. The van der Waals surface area contributed by atoms with Crippen LogP contribution in [0.5, 0.6) is 11.5 Å². The van der Waals surface area contributed by atoms with Crippen LogP contribution in [0, 0.1) is 0 Å². The Balaban J connectivity index is 1.80. The van der Waals surface area contributed by atoms with Gasteiger partial charge in [0.2, 0.25) is 10.0 Å². The number of nitrogens with one attached hydrogen (secondary N) is 3. The molecule has 0 saturated heterocycles. The van der Waals surface area contributed by atoms with Crippen molar-refractivity contribution >= 4 is 38.9 Å². The molecule has 1 heterocycles. The largest absolute Gasteiger partial charge is 0.494 e. The van der Waals surface area contributed by atoms with Crippen LogP contribution in [0.1, 0.15) is 10.4 Å². The second-order valence-corrected chi connectivity index (χ2v) is 7.54. The molecule has 3 N–H and O–H groups in total. The Labute approximate surface area is 155 Å². The molecule has 2 aromatic rings. The smallest absolute Gasteiger partial charge is 0.262 e. The number of carbonyl (C=O) groups is 2. The Morgan fingerprint density at radius 1 is 1.22 bits per heavy atom. The molecule has 0 saturated carbocycles. The van der Waals surface area contributed by atoms with Gasteiger partial charge in [-0.05, 0) is 30.3 Å². The van der Waals surface area contributed by atoms with Gasteiger partial charge in [-0.15, -0.1) is 0 Å². The summed E-state index contributed by atoms with van der Waals surface area (Å²) in [5, 5.41) is 5.33. The third kappa shape index (κ3) is 4.47. The van der Waals surface area contributed by atoms with Crippen LogP contribution in [-0.2, 0) is 14.8 Å². The molecule has 0 aliphatic carbocycles. The minimum absolute atomic E-state index is 0.0633. The van der Waals surface area contributed by atoms with Crippen LogP contribution in [0.4, 0.5) is 17.1 Å². The fourth-order valence-corrected chi connectivity index (χ4v) is 3.05. The molecule has 0 fully saturated rings. The number of sulfonamides is 1. The molecule has 2 amide bonds. The van der Waals surface area contributed by atoms with Crippen LogP contribution < -0.4 is 24.8 Å². The van der Waals surface area contributed by atoms with Gasteiger partial charge in [0.25, 0.3) is 11.8 Å². The van der Waals surface area contributed by atoms with Crippen LogP contribution in [0.15, 0.2) is 36.4 Å². The number of rotatable bonds is 5. The van der Waals surface area contributed by atoms with E-state index in [1.54, 1.807) is 12.1 Å². The summed E-state index contributed by atoms with van der Waals surface area (Å²) in [5.74, 6) is 0.0376. The van der Waals surface area contributed by atoms with E-state index in [1.165, 1.54) is 31.4 Å². The van der Waals surface area contributed by atoms with Gasteiger partial charge < -0.3 is 20.1 Å². The zero-order chi connectivity index (χ0) is 19.6. The first-order chi connectivity index (χ1) is 12.7. The highest BCUT2D eigenvalue weighted by atomic mass is 32.2. The molecule has 1 aliphatic heterocycles. The number of fused-ring (bicyclic) bond motifs is 1. The summed E-state index contributed by atoms with van der Waals surface area (Å²) in [6.45, 7) is -0.0633. The zero-order valence-corrected chi connectivity index (χ0v) is 15.3. The van der Waals surface area contributed by atoms with Crippen LogP contribution in [-0.4, -0.2) is 40.2 Å². The molecule has 9 nitrogen and oxygen atoms in total. The SMILES string of the molecule is COc1cc(NC(=O)c2ccc3c(c2)NC(=O)CO3)ccc1NS(C)(=O)=O. The number of anilines is 3. The molecule has 0 spiro atoms. The number of methoxy groups -OCH3 is 1. The van der Waals surface area contributed by atoms with Gasteiger partial charge in [-0.3, -0.25) is 14.3 Å².